The van der Waals surface area contributed by atoms with Crippen molar-refractivity contribution in [1.82, 2.24) is 4.57 Å². The first-order chi connectivity index (χ1) is 16.2. The van der Waals surface area contributed by atoms with E-state index in [9.17, 15) is 18.0 Å². The van der Waals surface area contributed by atoms with Crippen LogP contribution in [0.15, 0.2) is 47.4 Å². The molecule has 4 rings (SSSR count). The molecule has 0 aliphatic heterocycles. The molecular formula is C25H28N2O6S. The van der Waals surface area contributed by atoms with Crippen LogP contribution in [0.25, 0.3) is 10.9 Å². The predicted octanol–water partition coefficient (Wildman–Crippen LogP) is 2.94. The number of rotatable bonds is 7. The highest BCUT2D eigenvalue weighted by atomic mass is 32.2. The lowest BCUT2D eigenvalue weighted by Crippen LogP contribution is -2.21. The minimum Gasteiger partial charge on any atom is -0.481 e. The third-order valence-electron chi connectivity index (χ3n) is 6.29. The molecule has 0 spiro atoms. The molecule has 1 aromatic heterocycles. The number of amides is 1. The zero-order valence-electron chi connectivity index (χ0n) is 19.2. The highest BCUT2D eigenvalue weighted by Crippen LogP contribution is 2.42. The van der Waals surface area contributed by atoms with Crippen molar-refractivity contribution in [3.05, 3.63) is 59.3 Å². The summed E-state index contributed by atoms with van der Waals surface area (Å²) in [6.07, 6.45) is 4.32. The van der Waals surface area contributed by atoms with E-state index < -0.39 is 27.6 Å². The van der Waals surface area contributed by atoms with E-state index in [2.05, 4.69) is 4.57 Å². The van der Waals surface area contributed by atoms with Crippen LogP contribution in [0, 0.1) is 0 Å². The van der Waals surface area contributed by atoms with Gasteiger partial charge >= 0.3 is 5.97 Å². The third-order valence-corrected chi connectivity index (χ3v) is 7.40. The van der Waals surface area contributed by atoms with E-state index in [-0.39, 0.29) is 11.5 Å². The van der Waals surface area contributed by atoms with Crippen LogP contribution in [0.5, 0.6) is 5.75 Å². The van der Waals surface area contributed by atoms with Crippen molar-refractivity contribution < 1.29 is 27.5 Å². The summed E-state index contributed by atoms with van der Waals surface area (Å²) in [7, 11) is -2.05. The first kappa shape index (κ1) is 23.8. The van der Waals surface area contributed by atoms with E-state index in [1.807, 2.05) is 18.2 Å². The minimum atomic E-state index is -3.35. The number of carbonyl (C=O) groups excluding carboxylic acids is 2. The number of hydrogen-bond acceptors (Lipinski definition) is 6. The number of hydrogen-bond donors (Lipinski definition) is 1. The molecule has 0 bridgehead atoms. The van der Waals surface area contributed by atoms with Gasteiger partial charge in [-0.15, -0.1) is 0 Å². The van der Waals surface area contributed by atoms with Crippen LogP contribution in [0.4, 0.5) is 0 Å². The summed E-state index contributed by atoms with van der Waals surface area (Å²) in [6, 6.07) is 12.4. The van der Waals surface area contributed by atoms with Crippen LogP contribution in [0.3, 0.4) is 0 Å². The Hall–Kier alpha value is -3.33. The second-order valence-corrected chi connectivity index (χ2v) is 10.6. The van der Waals surface area contributed by atoms with Gasteiger partial charge in [0.1, 0.15) is 5.75 Å². The third kappa shape index (κ3) is 4.65. The lowest BCUT2D eigenvalue weighted by atomic mass is 9.92. The SMILES string of the molecule is COC(=O)COc1cccc2c1c1c(n2Cc2cccc(S(C)(=O)=O)c2)CCCCC1C(N)=O. The second kappa shape index (κ2) is 9.50. The molecule has 2 N–H and O–H groups in total. The number of methoxy groups -OCH3 is 1. The van der Waals surface area contributed by atoms with E-state index in [0.717, 1.165) is 47.0 Å². The van der Waals surface area contributed by atoms with E-state index in [4.69, 9.17) is 15.2 Å². The van der Waals surface area contributed by atoms with Gasteiger partial charge in [0.25, 0.3) is 0 Å². The van der Waals surface area contributed by atoms with Crippen molar-refractivity contribution in [3.63, 3.8) is 0 Å². The first-order valence-corrected chi connectivity index (χ1v) is 13.0. The lowest BCUT2D eigenvalue weighted by Gasteiger charge is -2.14. The summed E-state index contributed by atoms with van der Waals surface area (Å²) in [4.78, 5) is 24.5. The van der Waals surface area contributed by atoms with Crippen molar-refractivity contribution in [2.75, 3.05) is 20.0 Å². The maximum atomic E-state index is 12.5. The van der Waals surface area contributed by atoms with Gasteiger partial charge < -0.3 is 19.8 Å². The average Bonchev–Trinajstić information content (AvgIpc) is 2.95. The summed E-state index contributed by atoms with van der Waals surface area (Å²) in [5, 5.41) is 0.756. The average molecular weight is 485 g/mol. The fourth-order valence-electron chi connectivity index (χ4n) is 4.72. The highest BCUT2D eigenvalue weighted by molar-refractivity contribution is 7.90. The molecule has 0 radical (unpaired) electrons. The van der Waals surface area contributed by atoms with Crippen molar-refractivity contribution in [3.8, 4) is 5.75 Å². The minimum absolute atomic E-state index is 0.254. The van der Waals surface area contributed by atoms with E-state index >= 15 is 0 Å². The molecule has 1 aliphatic carbocycles. The predicted molar refractivity (Wildman–Crippen MR) is 128 cm³/mol. The van der Waals surface area contributed by atoms with Crippen molar-refractivity contribution in [1.29, 1.82) is 0 Å². The first-order valence-electron chi connectivity index (χ1n) is 11.1. The van der Waals surface area contributed by atoms with Gasteiger partial charge in [-0.05, 0) is 54.7 Å². The Morgan fingerprint density at radius 3 is 2.62 bits per heavy atom. The topological polar surface area (TPSA) is 118 Å². The van der Waals surface area contributed by atoms with Crippen LogP contribution < -0.4 is 10.5 Å². The molecule has 8 nitrogen and oxygen atoms in total. The second-order valence-electron chi connectivity index (χ2n) is 8.58. The summed E-state index contributed by atoms with van der Waals surface area (Å²) in [5.74, 6) is -0.905. The van der Waals surface area contributed by atoms with Crippen molar-refractivity contribution in [2.24, 2.45) is 5.73 Å². The molecule has 1 aliphatic rings. The Kier molecular flexibility index (Phi) is 6.65. The molecule has 34 heavy (non-hydrogen) atoms. The molecule has 0 saturated heterocycles. The van der Waals surface area contributed by atoms with Crippen LogP contribution in [0.1, 0.15) is 42.0 Å². The van der Waals surface area contributed by atoms with Crippen LogP contribution in [-0.4, -0.2) is 44.8 Å². The monoisotopic (exact) mass is 484 g/mol. The zero-order chi connectivity index (χ0) is 24.5. The van der Waals surface area contributed by atoms with Crippen LogP contribution in [0.2, 0.25) is 0 Å². The molecule has 1 heterocycles. The Balaban J connectivity index is 1.91. The van der Waals surface area contributed by atoms with Crippen molar-refractivity contribution >= 4 is 32.6 Å². The molecule has 1 atom stereocenters. The number of aromatic nitrogens is 1. The number of nitrogens with zero attached hydrogens (tertiary/aromatic N) is 1. The van der Waals surface area contributed by atoms with E-state index in [1.165, 1.54) is 13.4 Å². The maximum absolute atomic E-state index is 12.5. The van der Waals surface area contributed by atoms with Crippen molar-refractivity contribution in [2.45, 2.75) is 43.0 Å². The van der Waals surface area contributed by atoms with Crippen LogP contribution in [-0.2, 0) is 37.1 Å². The Labute approximate surface area is 198 Å². The van der Waals surface area contributed by atoms with Gasteiger partial charge in [0.15, 0.2) is 16.4 Å². The maximum Gasteiger partial charge on any atom is 0.343 e. The standard InChI is InChI=1S/C25H28N2O6S/c1-32-22(28)15-33-21-12-6-11-20-24(21)23-18(25(26)29)9-3-4-10-19(23)27(20)14-16-7-5-8-17(13-16)34(2,30)31/h5-8,11-13,18H,3-4,9-10,14-15H2,1-2H3,(H2,26,29). The number of sulfone groups is 1. The van der Waals surface area contributed by atoms with E-state index in [1.54, 1.807) is 24.3 Å². The summed E-state index contributed by atoms with van der Waals surface area (Å²) in [6.45, 7) is 0.161. The smallest absolute Gasteiger partial charge is 0.343 e. The fourth-order valence-corrected chi connectivity index (χ4v) is 5.41. The number of primary amides is 1. The number of esters is 1. The molecule has 0 saturated carbocycles. The normalized spacial score (nSPS) is 16.0. The number of fused-ring (bicyclic) bond motifs is 3. The largest absolute Gasteiger partial charge is 0.481 e. The van der Waals surface area contributed by atoms with Gasteiger partial charge in [-0.2, -0.15) is 0 Å². The van der Waals surface area contributed by atoms with E-state index in [0.29, 0.717) is 18.7 Å². The Morgan fingerprint density at radius 1 is 1.15 bits per heavy atom. The molecule has 0 fully saturated rings. The fraction of sp³-hybridized carbons (Fsp3) is 0.360. The van der Waals surface area contributed by atoms with Gasteiger partial charge in [0.2, 0.25) is 5.91 Å². The molecule has 3 aromatic rings. The Morgan fingerprint density at radius 2 is 1.91 bits per heavy atom. The quantitative estimate of drug-likeness (QED) is 0.407. The van der Waals surface area contributed by atoms with Gasteiger partial charge in [0, 0.05) is 23.9 Å². The number of carbonyl (C=O) groups is 2. The summed E-state index contributed by atoms with van der Waals surface area (Å²) in [5.41, 5.74) is 9.31. The summed E-state index contributed by atoms with van der Waals surface area (Å²) < 4.78 is 36.8. The number of ether oxygens (including phenoxy) is 2. The molecule has 1 unspecified atom stereocenters. The van der Waals surface area contributed by atoms with Gasteiger partial charge in [-0.25, -0.2) is 13.2 Å². The number of benzene rings is 2. The molecule has 9 heteroatoms. The zero-order valence-corrected chi connectivity index (χ0v) is 20.1. The molecule has 180 valence electrons. The highest BCUT2D eigenvalue weighted by Gasteiger charge is 2.31. The molecular weight excluding hydrogens is 456 g/mol. The molecule has 1 amide bonds. The van der Waals surface area contributed by atoms with Crippen LogP contribution >= 0.6 is 0 Å². The Bertz CT molecular complexity index is 1360. The van der Waals surface area contributed by atoms with Gasteiger partial charge in [-0.3, -0.25) is 4.79 Å². The van der Waals surface area contributed by atoms with Gasteiger partial charge in [0.05, 0.1) is 23.4 Å². The summed E-state index contributed by atoms with van der Waals surface area (Å²) >= 11 is 0. The number of nitrogens with two attached hydrogens (primary N) is 1. The lowest BCUT2D eigenvalue weighted by molar-refractivity contribution is -0.142. The van der Waals surface area contributed by atoms with Gasteiger partial charge in [-0.1, -0.05) is 24.6 Å². The molecule has 2 aromatic carbocycles.